The highest BCUT2D eigenvalue weighted by atomic mass is 79.9. The molecular formula is C11H22BrNO2. The maximum Gasteiger partial charge on any atom is 0.316 e. The number of halogens is 1. The van der Waals surface area contributed by atoms with Crippen LogP contribution in [0.25, 0.3) is 0 Å². The Hall–Kier alpha value is -0.350. The second kappa shape index (κ2) is 8.92. The molecule has 4 heteroatoms. The van der Waals surface area contributed by atoms with Gasteiger partial charge in [-0.05, 0) is 20.8 Å². The molecule has 0 unspecified atom stereocenters. The van der Waals surface area contributed by atoms with Gasteiger partial charge in [0.2, 0.25) is 0 Å². The number of rotatable bonds is 7. The highest BCUT2D eigenvalue weighted by Gasteiger charge is 2.21. The zero-order chi connectivity index (χ0) is 11.0. The van der Waals surface area contributed by atoms with Gasteiger partial charge in [-0.1, -0.05) is 6.58 Å². The molecule has 15 heavy (non-hydrogen) atoms. The van der Waals surface area contributed by atoms with Gasteiger partial charge < -0.3 is 26.2 Å². The van der Waals surface area contributed by atoms with Gasteiger partial charge in [-0.25, -0.2) is 0 Å². The van der Waals surface area contributed by atoms with Gasteiger partial charge in [0.15, 0.2) is 0 Å². The summed E-state index contributed by atoms with van der Waals surface area (Å²) in [6, 6.07) is 0. The third-order valence-corrected chi connectivity index (χ3v) is 3.02. The summed E-state index contributed by atoms with van der Waals surface area (Å²) in [5.41, 5.74) is 0. The number of carbonyl (C=O) groups is 1. The number of hydrogen-bond acceptors (Lipinski definition) is 2. The molecule has 0 N–H and O–H groups in total. The minimum Gasteiger partial charge on any atom is -1.00 e. The van der Waals surface area contributed by atoms with E-state index in [-0.39, 0.29) is 23.0 Å². The van der Waals surface area contributed by atoms with Gasteiger partial charge in [-0.15, -0.1) is 0 Å². The Morgan fingerprint density at radius 3 is 2.07 bits per heavy atom. The Morgan fingerprint density at radius 1 is 1.27 bits per heavy atom. The Balaban J connectivity index is 0. The van der Waals surface area contributed by atoms with Crippen molar-refractivity contribution in [3.63, 3.8) is 0 Å². The van der Waals surface area contributed by atoms with Crippen molar-refractivity contribution in [3.8, 4) is 0 Å². The van der Waals surface area contributed by atoms with E-state index < -0.39 is 0 Å². The molecule has 0 atom stereocenters. The molecule has 0 saturated carbocycles. The molecule has 0 heterocycles. The van der Waals surface area contributed by atoms with Crippen LogP contribution in [0.3, 0.4) is 0 Å². The Bertz CT molecular complexity index is 183. The quantitative estimate of drug-likeness (QED) is 0.338. The van der Waals surface area contributed by atoms with Crippen LogP contribution in [0.5, 0.6) is 0 Å². The predicted octanol–water partition coefficient (Wildman–Crippen LogP) is -1.06. The maximum atomic E-state index is 11.1. The van der Waals surface area contributed by atoms with Crippen LogP contribution in [0, 0.1) is 0 Å². The van der Waals surface area contributed by atoms with E-state index >= 15 is 0 Å². The lowest BCUT2D eigenvalue weighted by Gasteiger charge is -2.35. The number of hydrogen-bond donors (Lipinski definition) is 0. The Morgan fingerprint density at radius 2 is 1.73 bits per heavy atom. The number of esters is 1. The molecule has 0 aromatic heterocycles. The molecule has 0 bridgehead atoms. The number of carbonyl (C=O) groups excluding carboxylic acids is 1. The van der Waals surface area contributed by atoms with Gasteiger partial charge in [-0.2, -0.15) is 0 Å². The van der Waals surface area contributed by atoms with Crippen LogP contribution in [-0.2, 0) is 9.53 Å². The molecular weight excluding hydrogens is 258 g/mol. The van der Waals surface area contributed by atoms with E-state index in [1.165, 1.54) is 6.26 Å². The second-order valence-electron chi connectivity index (χ2n) is 3.42. The summed E-state index contributed by atoms with van der Waals surface area (Å²) in [4.78, 5) is 11.1. The molecule has 0 spiro atoms. The summed E-state index contributed by atoms with van der Waals surface area (Å²) >= 11 is 0. The van der Waals surface area contributed by atoms with Crippen molar-refractivity contribution >= 4 is 5.97 Å². The summed E-state index contributed by atoms with van der Waals surface area (Å²) in [6.07, 6.45) is 1.67. The first-order chi connectivity index (χ1) is 6.64. The Kier molecular flexibility index (Phi) is 10.1. The van der Waals surface area contributed by atoms with Crippen LogP contribution in [0.1, 0.15) is 27.2 Å². The molecule has 0 saturated heterocycles. The van der Waals surface area contributed by atoms with E-state index in [2.05, 4.69) is 32.1 Å². The molecule has 0 aromatic carbocycles. The largest absolute Gasteiger partial charge is 1.00 e. The molecule has 0 aliphatic rings. The van der Waals surface area contributed by atoms with Gasteiger partial charge in [0.05, 0.1) is 38.9 Å². The van der Waals surface area contributed by atoms with E-state index in [1.807, 2.05) is 0 Å². The zero-order valence-electron chi connectivity index (χ0n) is 9.96. The summed E-state index contributed by atoms with van der Waals surface area (Å²) < 4.78 is 5.66. The molecule has 90 valence electrons. The van der Waals surface area contributed by atoms with Crippen LogP contribution in [0.15, 0.2) is 12.8 Å². The minimum atomic E-state index is -0.183. The fourth-order valence-corrected chi connectivity index (χ4v) is 1.63. The van der Waals surface area contributed by atoms with Crippen LogP contribution in [-0.4, -0.2) is 36.6 Å². The van der Waals surface area contributed by atoms with Crippen molar-refractivity contribution in [1.29, 1.82) is 0 Å². The van der Waals surface area contributed by atoms with Crippen LogP contribution in [0.2, 0.25) is 0 Å². The molecule has 0 aliphatic carbocycles. The van der Waals surface area contributed by atoms with E-state index in [4.69, 9.17) is 0 Å². The number of ether oxygens (including phenoxy) is 1. The van der Waals surface area contributed by atoms with E-state index in [0.717, 1.165) is 30.7 Å². The van der Waals surface area contributed by atoms with E-state index in [0.29, 0.717) is 6.42 Å². The average molecular weight is 280 g/mol. The predicted molar refractivity (Wildman–Crippen MR) is 57.7 cm³/mol. The lowest BCUT2D eigenvalue weighted by molar-refractivity contribution is -0.922. The molecule has 0 aromatic rings. The van der Waals surface area contributed by atoms with Crippen molar-refractivity contribution in [2.24, 2.45) is 0 Å². The van der Waals surface area contributed by atoms with Crippen molar-refractivity contribution in [2.45, 2.75) is 27.2 Å². The van der Waals surface area contributed by atoms with Gasteiger partial charge >= 0.3 is 5.97 Å². The molecule has 0 fully saturated rings. The van der Waals surface area contributed by atoms with Crippen LogP contribution < -0.4 is 17.0 Å². The SMILES string of the molecule is C=COC(=O)CC[N+](CC)(CC)CC.[Br-]. The standard InChI is InChI=1S/C11H22NO2.BrH/c1-5-12(6-2,7-3)10-9-11(13)14-8-4;/h8H,4-7,9-10H2,1-3H3;1H/q+1;/p-1. The number of quaternary nitrogens is 1. The Labute approximate surface area is 103 Å². The third-order valence-electron chi connectivity index (χ3n) is 3.02. The topological polar surface area (TPSA) is 26.3 Å². The van der Waals surface area contributed by atoms with Crippen molar-refractivity contribution in [3.05, 3.63) is 12.8 Å². The van der Waals surface area contributed by atoms with Crippen molar-refractivity contribution in [2.75, 3.05) is 26.2 Å². The lowest BCUT2D eigenvalue weighted by Crippen LogP contribution is -3.00. The summed E-state index contributed by atoms with van der Waals surface area (Å²) in [5.74, 6) is -0.183. The fourth-order valence-electron chi connectivity index (χ4n) is 1.63. The zero-order valence-corrected chi connectivity index (χ0v) is 11.5. The first-order valence-corrected chi connectivity index (χ1v) is 5.29. The second-order valence-corrected chi connectivity index (χ2v) is 3.42. The van der Waals surface area contributed by atoms with Crippen LogP contribution in [0.4, 0.5) is 0 Å². The first kappa shape index (κ1) is 17.1. The van der Waals surface area contributed by atoms with Crippen LogP contribution >= 0.6 is 0 Å². The number of nitrogens with zero attached hydrogens (tertiary/aromatic N) is 1. The monoisotopic (exact) mass is 279 g/mol. The van der Waals surface area contributed by atoms with Gasteiger partial charge in [-0.3, -0.25) is 4.79 Å². The molecule has 0 aliphatic heterocycles. The maximum absolute atomic E-state index is 11.1. The van der Waals surface area contributed by atoms with Gasteiger partial charge in [0.1, 0.15) is 0 Å². The van der Waals surface area contributed by atoms with Gasteiger partial charge in [0.25, 0.3) is 0 Å². The smallest absolute Gasteiger partial charge is 0.316 e. The van der Waals surface area contributed by atoms with E-state index in [9.17, 15) is 4.79 Å². The average Bonchev–Trinajstić information content (AvgIpc) is 2.21. The molecule has 0 rings (SSSR count). The first-order valence-electron chi connectivity index (χ1n) is 5.29. The summed E-state index contributed by atoms with van der Waals surface area (Å²) in [7, 11) is 0. The van der Waals surface area contributed by atoms with Crippen molar-refractivity contribution in [1.82, 2.24) is 0 Å². The molecule has 3 nitrogen and oxygen atoms in total. The highest BCUT2D eigenvalue weighted by Crippen LogP contribution is 2.07. The fraction of sp³-hybridized carbons (Fsp3) is 0.727. The normalized spacial score (nSPS) is 10.3. The van der Waals surface area contributed by atoms with Crippen molar-refractivity contribution < 1.29 is 31.0 Å². The molecule has 0 amide bonds. The third kappa shape index (κ3) is 5.95. The highest BCUT2D eigenvalue weighted by molar-refractivity contribution is 5.69. The van der Waals surface area contributed by atoms with Gasteiger partial charge in [0, 0.05) is 0 Å². The lowest BCUT2D eigenvalue weighted by atomic mass is 10.3. The minimum absolute atomic E-state index is 0. The molecule has 0 radical (unpaired) electrons. The van der Waals surface area contributed by atoms with E-state index in [1.54, 1.807) is 0 Å². The summed E-state index contributed by atoms with van der Waals surface area (Å²) in [5, 5.41) is 0. The summed E-state index contributed by atoms with van der Waals surface area (Å²) in [6.45, 7) is 13.9.